The highest BCUT2D eigenvalue weighted by atomic mass is 16.1. The van der Waals surface area contributed by atoms with Crippen molar-refractivity contribution in [3.05, 3.63) is 65.4 Å². The maximum atomic E-state index is 12.3. The predicted octanol–water partition coefficient (Wildman–Crippen LogP) is 2.52. The van der Waals surface area contributed by atoms with Crippen molar-refractivity contribution in [3.63, 3.8) is 0 Å². The molecule has 0 spiro atoms. The van der Waals surface area contributed by atoms with Crippen molar-refractivity contribution in [2.75, 3.05) is 5.32 Å². The number of carbonyl (C=O) groups excluding carboxylic acids is 1. The average Bonchev–Trinajstić information content (AvgIpc) is 3.18. The third kappa shape index (κ3) is 2.07. The summed E-state index contributed by atoms with van der Waals surface area (Å²) in [6.07, 6.45) is 1.84. The van der Waals surface area contributed by atoms with Crippen molar-refractivity contribution in [2.45, 2.75) is 0 Å². The molecular weight excluding hydrogens is 278 g/mol. The van der Waals surface area contributed by atoms with Crippen LogP contribution >= 0.6 is 0 Å². The fraction of sp³-hybridized carbons (Fsp3) is 0. The molecule has 22 heavy (non-hydrogen) atoms. The Balaban J connectivity index is 1.63. The van der Waals surface area contributed by atoms with Crippen LogP contribution in [0.1, 0.15) is 15.9 Å². The van der Waals surface area contributed by atoms with Crippen LogP contribution in [0, 0.1) is 0 Å². The van der Waals surface area contributed by atoms with Crippen LogP contribution in [0.5, 0.6) is 0 Å². The monoisotopic (exact) mass is 289 g/mol. The maximum Gasteiger partial charge on any atom is 0.211 e. The number of Topliss-reactive ketones (excluding diaryl/α,β-unsaturated/α-hetero) is 1. The van der Waals surface area contributed by atoms with Gasteiger partial charge in [0.1, 0.15) is 0 Å². The Morgan fingerprint density at radius 1 is 1.00 bits per heavy atom. The van der Waals surface area contributed by atoms with Gasteiger partial charge >= 0.3 is 0 Å². The molecule has 0 bridgehead atoms. The Morgan fingerprint density at radius 3 is 2.55 bits per heavy atom. The van der Waals surface area contributed by atoms with Crippen molar-refractivity contribution in [1.29, 1.82) is 0 Å². The lowest BCUT2D eigenvalue weighted by Gasteiger charge is -2.00. The highest BCUT2D eigenvalue weighted by molar-refractivity contribution is 6.20. The van der Waals surface area contributed by atoms with E-state index in [0.717, 1.165) is 16.8 Å². The molecule has 0 saturated carbocycles. The van der Waals surface area contributed by atoms with E-state index in [2.05, 4.69) is 25.9 Å². The quantitative estimate of drug-likeness (QED) is 0.708. The minimum absolute atomic E-state index is 0.0119. The number of H-pyrrole nitrogens is 1. The minimum Gasteiger partial charge on any atom is -0.352 e. The van der Waals surface area contributed by atoms with Gasteiger partial charge in [0.15, 0.2) is 0 Å². The van der Waals surface area contributed by atoms with Crippen LogP contribution in [-0.4, -0.2) is 26.4 Å². The van der Waals surface area contributed by atoms with E-state index in [1.54, 1.807) is 0 Å². The molecule has 2 heterocycles. The number of carbonyl (C=O) groups is 1. The third-order valence-electron chi connectivity index (χ3n) is 3.51. The summed E-state index contributed by atoms with van der Waals surface area (Å²) < 4.78 is 0. The fourth-order valence-electron chi connectivity index (χ4n) is 2.42. The molecule has 1 aromatic heterocycles. The zero-order valence-corrected chi connectivity index (χ0v) is 11.4. The van der Waals surface area contributed by atoms with Crippen LogP contribution in [-0.2, 0) is 0 Å². The van der Waals surface area contributed by atoms with Gasteiger partial charge in [-0.2, -0.15) is 5.21 Å². The molecule has 0 fully saturated rings. The lowest BCUT2D eigenvalue weighted by molar-refractivity contribution is 0.104. The van der Waals surface area contributed by atoms with Gasteiger partial charge in [-0.1, -0.05) is 36.4 Å². The second-order valence-corrected chi connectivity index (χ2v) is 4.92. The highest BCUT2D eigenvalue weighted by Gasteiger charge is 2.23. The first-order valence-corrected chi connectivity index (χ1v) is 6.77. The summed E-state index contributed by atoms with van der Waals surface area (Å²) >= 11 is 0. The number of tetrazole rings is 1. The van der Waals surface area contributed by atoms with Crippen molar-refractivity contribution >= 4 is 17.5 Å². The number of allylic oxidation sites excluding steroid dienone is 1. The van der Waals surface area contributed by atoms with Gasteiger partial charge in [-0.25, -0.2) is 0 Å². The normalized spacial score (nSPS) is 14.9. The van der Waals surface area contributed by atoms with Crippen LogP contribution in [0.25, 0.3) is 17.5 Å². The smallest absolute Gasteiger partial charge is 0.211 e. The Bertz CT molecular complexity index is 866. The average molecular weight is 289 g/mol. The molecule has 0 saturated heterocycles. The second-order valence-electron chi connectivity index (χ2n) is 4.92. The Hall–Kier alpha value is -3.28. The van der Waals surface area contributed by atoms with Gasteiger partial charge in [-0.15, -0.1) is 10.2 Å². The van der Waals surface area contributed by atoms with Crippen molar-refractivity contribution in [3.8, 4) is 11.4 Å². The minimum atomic E-state index is 0.0119. The van der Waals surface area contributed by atoms with E-state index >= 15 is 0 Å². The largest absolute Gasteiger partial charge is 0.352 e. The summed E-state index contributed by atoms with van der Waals surface area (Å²) in [5.74, 6) is 0.555. The molecular formula is C16H11N5O. The van der Waals surface area contributed by atoms with Gasteiger partial charge in [0.05, 0.1) is 5.70 Å². The summed E-state index contributed by atoms with van der Waals surface area (Å²) in [6.45, 7) is 0. The first-order valence-electron chi connectivity index (χ1n) is 6.77. The Morgan fingerprint density at radius 2 is 1.82 bits per heavy atom. The number of ketones is 1. The number of rotatable bonds is 2. The second kappa shape index (κ2) is 4.92. The molecule has 1 aliphatic rings. The van der Waals surface area contributed by atoms with E-state index < -0.39 is 0 Å². The Labute approximate surface area is 125 Å². The molecule has 6 nitrogen and oxygen atoms in total. The number of fused-ring (bicyclic) bond motifs is 1. The Kier molecular flexibility index (Phi) is 2.79. The molecule has 2 aromatic carbocycles. The maximum absolute atomic E-state index is 12.3. The molecule has 0 atom stereocenters. The molecule has 0 amide bonds. The van der Waals surface area contributed by atoms with Crippen molar-refractivity contribution < 1.29 is 4.79 Å². The number of para-hydroxylation sites is 1. The zero-order chi connectivity index (χ0) is 14.9. The van der Waals surface area contributed by atoms with Gasteiger partial charge in [0.2, 0.25) is 11.6 Å². The van der Waals surface area contributed by atoms with Gasteiger partial charge in [-0.05, 0) is 29.0 Å². The highest BCUT2D eigenvalue weighted by Crippen LogP contribution is 2.28. The van der Waals surface area contributed by atoms with E-state index in [0.29, 0.717) is 17.1 Å². The molecule has 1 aliphatic heterocycles. The first kappa shape index (κ1) is 12.5. The summed E-state index contributed by atoms with van der Waals surface area (Å²) in [4.78, 5) is 12.3. The number of nitrogens with zero attached hydrogens (tertiary/aromatic N) is 3. The van der Waals surface area contributed by atoms with Crippen LogP contribution in [0.3, 0.4) is 0 Å². The van der Waals surface area contributed by atoms with Crippen molar-refractivity contribution in [1.82, 2.24) is 20.6 Å². The van der Waals surface area contributed by atoms with Gasteiger partial charge in [-0.3, -0.25) is 4.79 Å². The SMILES string of the molecule is O=C1/C(=C/c2ccc(-c3nn[nH]n3)cc2)Nc2ccccc21. The number of hydrogen-bond acceptors (Lipinski definition) is 5. The molecule has 4 rings (SSSR count). The number of hydrogen-bond donors (Lipinski definition) is 2. The topological polar surface area (TPSA) is 83.6 Å². The number of aromatic nitrogens is 4. The molecule has 106 valence electrons. The van der Waals surface area contributed by atoms with Crippen LogP contribution < -0.4 is 5.32 Å². The number of benzene rings is 2. The van der Waals surface area contributed by atoms with Gasteiger partial charge in [0, 0.05) is 16.8 Å². The summed E-state index contributed by atoms with van der Waals surface area (Å²) in [5, 5.41) is 17.0. The van der Waals surface area contributed by atoms with E-state index in [4.69, 9.17) is 0 Å². The van der Waals surface area contributed by atoms with E-state index in [-0.39, 0.29) is 5.78 Å². The summed E-state index contributed by atoms with van der Waals surface area (Å²) in [6, 6.07) is 15.1. The van der Waals surface area contributed by atoms with Crippen LogP contribution in [0.4, 0.5) is 5.69 Å². The lowest BCUT2D eigenvalue weighted by Crippen LogP contribution is -1.99. The fourth-order valence-corrected chi connectivity index (χ4v) is 2.42. The molecule has 6 heteroatoms. The van der Waals surface area contributed by atoms with E-state index in [1.807, 2.05) is 54.6 Å². The molecule has 3 aromatic rings. The summed E-state index contributed by atoms with van der Waals surface area (Å²) in [5.41, 5.74) is 3.92. The first-order chi connectivity index (χ1) is 10.8. The number of nitrogens with one attached hydrogen (secondary N) is 2. The van der Waals surface area contributed by atoms with E-state index in [9.17, 15) is 4.79 Å². The molecule has 0 aliphatic carbocycles. The third-order valence-corrected chi connectivity index (χ3v) is 3.51. The zero-order valence-electron chi connectivity index (χ0n) is 11.4. The van der Waals surface area contributed by atoms with Crippen molar-refractivity contribution in [2.24, 2.45) is 0 Å². The van der Waals surface area contributed by atoms with Gasteiger partial charge < -0.3 is 5.32 Å². The molecule has 0 radical (unpaired) electrons. The molecule has 0 unspecified atom stereocenters. The van der Waals surface area contributed by atoms with Crippen LogP contribution in [0.2, 0.25) is 0 Å². The van der Waals surface area contributed by atoms with Crippen LogP contribution in [0.15, 0.2) is 54.2 Å². The summed E-state index contributed by atoms with van der Waals surface area (Å²) in [7, 11) is 0. The standard InChI is InChI=1S/C16H11N5O/c22-15-12-3-1-2-4-13(12)17-14(15)9-10-5-7-11(8-6-10)16-18-20-21-19-16/h1-9,17H,(H,18,19,20,21)/b14-9-. The van der Waals surface area contributed by atoms with Gasteiger partial charge in [0.25, 0.3) is 0 Å². The molecule has 2 N–H and O–H groups in total. The predicted molar refractivity (Wildman–Crippen MR) is 82.0 cm³/mol. The lowest BCUT2D eigenvalue weighted by atomic mass is 10.1. The number of anilines is 1. The van der Waals surface area contributed by atoms with E-state index in [1.165, 1.54) is 0 Å². The number of aromatic amines is 1.